The number of nitrogens with one attached hydrogen (secondary N) is 1. The molecular weight excluding hydrogens is 497 g/mol. The largest absolute Gasteiger partial charge is 0.352 e. The normalized spacial score (nSPS) is 14.9. The Bertz CT molecular complexity index is 785. The van der Waals surface area contributed by atoms with Crippen LogP contribution in [0.1, 0.15) is 23.9 Å². The van der Waals surface area contributed by atoms with Crippen molar-refractivity contribution in [1.82, 2.24) is 24.5 Å². The number of nitrogens with zero attached hydrogens (tertiary/aromatic N) is 6. The summed E-state index contributed by atoms with van der Waals surface area (Å²) >= 11 is 1.51. The first-order valence-corrected chi connectivity index (χ1v) is 10.6. The molecule has 1 aromatic heterocycles. The maximum absolute atomic E-state index is 4.61. The zero-order chi connectivity index (χ0) is 19.9. The SMILES string of the molecule is CCc1nsc(N2CCN(C(=NC)NCc3cccc(CN(C)C)c3)CC2)n1.I. The van der Waals surface area contributed by atoms with E-state index in [1.54, 1.807) is 0 Å². The van der Waals surface area contributed by atoms with Gasteiger partial charge in [0.2, 0.25) is 5.13 Å². The molecule has 0 aliphatic carbocycles. The van der Waals surface area contributed by atoms with Crippen LogP contribution in [0.25, 0.3) is 0 Å². The predicted molar refractivity (Wildman–Crippen MR) is 133 cm³/mol. The molecule has 0 atom stereocenters. The number of aromatic nitrogens is 2. The van der Waals surface area contributed by atoms with Crippen molar-refractivity contribution in [3.63, 3.8) is 0 Å². The fraction of sp³-hybridized carbons (Fsp3) is 0.550. The third-order valence-electron chi connectivity index (χ3n) is 4.78. The number of piperazine rings is 1. The molecule has 0 amide bonds. The minimum absolute atomic E-state index is 0. The lowest BCUT2D eigenvalue weighted by Gasteiger charge is -2.36. The van der Waals surface area contributed by atoms with Gasteiger partial charge < -0.3 is 20.0 Å². The third-order valence-corrected chi connectivity index (χ3v) is 5.59. The number of aliphatic imine (C=N–C) groups is 1. The van der Waals surface area contributed by atoms with Gasteiger partial charge in [-0.3, -0.25) is 4.99 Å². The van der Waals surface area contributed by atoms with Crippen LogP contribution in [-0.2, 0) is 19.5 Å². The first-order valence-electron chi connectivity index (χ1n) is 9.84. The fourth-order valence-corrected chi connectivity index (χ4v) is 4.14. The van der Waals surface area contributed by atoms with Gasteiger partial charge in [-0.25, -0.2) is 4.98 Å². The van der Waals surface area contributed by atoms with E-state index in [-0.39, 0.29) is 24.0 Å². The molecule has 0 unspecified atom stereocenters. The lowest BCUT2D eigenvalue weighted by molar-refractivity contribution is 0.372. The lowest BCUT2D eigenvalue weighted by Crippen LogP contribution is -2.52. The number of guanidine groups is 1. The number of halogens is 1. The highest BCUT2D eigenvalue weighted by atomic mass is 127. The second-order valence-electron chi connectivity index (χ2n) is 7.28. The highest BCUT2D eigenvalue weighted by Crippen LogP contribution is 2.19. The van der Waals surface area contributed by atoms with E-state index in [1.807, 2.05) is 7.05 Å². The molecule has 1 saturated heterocycles. The van der Waals surface area contributed by atoms with Gasteiger partial charge >= 0.3 is 0 Å². The van der Waals surface area contributed by atoms with E-state index in [0.29, 0.717) is 0 Å². The summed E-state index contributed by atoms with van der Waals surface area (Å²) in [7, 11) is 6.05. The second kappa shape index (κ2) is 11.7. The highest BCUT2D eigenvalue weighted by molar-refractivity contribution is 14.0. The number of aryl methyl sites for hydroxylation is 1. The molecule has 1 aliphatic rings. The Morgan fingerprint density at radius 3 is 2.55 bits per heavy atom. The van der Waals surface area contributed by atoms with Crippen LogP contribution in [0.5, 0.6) is 0 Å². The van der Waals surface area contributed by atoms with Crippen molar-refractivity contribution in [3.8, 4) is 0 Å². The zero-order valence-electron chi connectivity index (χ0n) is 17.8. The Balaban J connectivity index is 0.00000300. The molecule has 9 heteroatoms. The molecule has 0 saturated carbocycles. The van der Waals surface area contributed by atoms with Gasteiger partial charge in [0, 0.05) is 64.3 Å². The standard InChI is InChI=1S/C20H31N7S.HI/c1-5-18-23-20(28-24-18)27-11-9-26(10-12-27)19(21-2)22-14-16-7-6-8-17(13-16)15-25(3)4;/h6-8,13H,5,9-12,14-15H2,1-4H3,(H,21,22);1H. The molecule has 0 bridgehead atoms. The van der Waals surface area contributed by atoms with Gasteiger partial charge in [0.15, 0.2) is 5.96 Å². The Labute approximate surface area is 195 Å². The van der Waals surface area contributed by atoms with Crippen molar-refractivity contribution < 1.29 is 0 Å². The van der Waals surface area contributed by atoms with E-state index in [1.165, 1.54) is 22.7 Å². The van der Waals surface area contributed by atoms with Crippen LogP contribution < -0.4 is 10.2 Å². The molecule has 2 heterocycles. The van der Waals surface area contributed by atoms with Crippen LogP contribution in [0.4, 0.5) is 5.13 Å². The average molecular weight is 529 g/mol. The summed E-state index contributed by atoms with van der Waals surface area (Å²) in [4.78, 5) is 15.9. The van der Waals surface area contributed by atoms with E-state index in [9.17, 15) is 0 Å². The van der Waals surface area contributed by atoms with E-state index in [4.69, 9.17) is 0 Å². The summed E-state index contributed by atoms with van der Waals surface area (Å²) < 4.78 is 4.40. The highest BCUT2D eigenvalue weighted by Gasteiger charge is 2.22. The third kappa shape index (κ3) is 6.78. The van der Waals surface area contributed by atoms with Gasteiger partial charge in [-0.05, 0) is 25.2 Å². The topological polar surface area (TPSA) is 59.9 Å². The molecule has 3 rings (SSSR count). The second-order valence-corrected chi connectivity index (χ2v) is 8.01. The molecule has 1 fully saturated rings. The monoisotopic (exact) mass is 529 g/mol. The molecule has 1 aromatic carbocycles. The van der Waals surface area contributed by atoms with Crippen LogP contribution in [0.3, 0.4) is 0 Å². The van der Waals surface area contributed by atoms with Crippen molar-refractivity contribution in [2.24, 2.45) is 4.99 Å². The van der Waals surface area contributed by atoms with Crippen LogP contribution in [0.2, 0.25) is 0 Å². The Morgan fingerprint density at radius 1 is 1.21 bits per heavy atom. The Hall–Kier alpha value is -1.46. The van der Waals surface area contributed by atoms with E-state index < -0.39 is 0 Å². The molecule has 2 aromatic rings. The zero-order valence-corrected chi connectivity index (χ0v) is 20.9. The number of benzene rings is 1. The minimum atomic E-state index is 0. The molecule has 160 valence electrons. The van der Waals surface area contributed by atoms with Crippen molar-refractivity contribution in [2.45, 2.75) is 26.4 Å². The Morgan fingerprint density at radius 2 is 1.93 bits per heavy atom. The number of hydrogen-bond donors (Lipinski definition) is 1. The molecule has 0 radical (unpaired) electrons. The summed E-state index contributed by atoms with van der Waals surface area (Å²) in [6.45, 7) is 7.58. The number of anilines is 1. The van der Waals surface area contributed by atoms with Gasteiger partial charge in [-0.1, -0.05) is 31.2 Å². The summed E-state index contributed by atoms with van der Waals surface area (Å²) in [6.07, 6.45) is 0.892. The van der Waals surface area contributed by atoms with E-state index >= 15 is 0 Å². The first-order chi connectivity index (χ1) is 13.6. The van der Waals surface area contributed by atoms with Crippen molar-refractivity contribution in [2.75, 3.05) is 52.2 Å². The number of rotatable bonds is 6. The first kappa shape index (κ1) is 23.8. The Kier molecular flexibility index (Phi) is 9.57. The smallest absolute Gasteiger partial charge is 0.205 e. The van der Waals surface area contributed by atoms with Gasteiger partial charge in [0.05, 0.1) is 0 Å². The van der Waals surface area contributed by atoms with Gasteiger partial charge in [0.1, 0.15) is 5.82 Å². The lowest BCUT2D eigenvalue weighted by atomic mass is 10.1. The molecule has 7 nitrogen and oxygen atoms in total. The molecule has 1 N–H and O–H groups in total. The fourth-order valence-electron chi connectivity index (χ4n) is 3.34. The summed E-state index contributed by atoms with van der Waals surface area (Å²) in [5, 5.41) is 4.56. The van der Waals surface area contributed by atoms with Crippen LogP contribution in [0, 0.1) is 0 Å². The maximum atomic E-state index is 4.61. The predicted octanol–water partition coefficient (Wildman–Crippen LogP) is 2.68. The van der Waals surface area contributed by atoms with Crippen molar-refractivity contribution >= 4 is 46.6 Å². The molecule has 29 heavy (non-hydrogen) atoms. The van der Waals surface area contributed by atoms with Crippen molar-refractivity contribution in [3.05, 3.63) is 41.2 Å². The number of hydrogen-bond acceptors (Lipinski definition) is 6. The minimum Gasteiger partial charge on any atom is -0.352 e. The van der Waals surface area contributed by atoms with Gasteiger partial charge in [-0.15, -0.1) is 24.0 Å². The van der Waals surface area contributed by atoms with Gasteiger partial charge in [0.25, 0.3) is 0 Å². The molecule has 1 aliphatic heterocycles. The van der Waals surface area contributed by atoms with Crippen LogP contribution in [-0.4, -0.2) is 72.4 Å². The maximum Gasteiger partial charge on any atom is 0.205 e. The van der Waals surface area contributed by atoms with Crippen LogP contribution in [0.15, 0.2) is 29.3 Å². The summed E-state index contributed by atoms with van der Waals surface area (Å²) in [5.41, 5.74) is 2.61. The van der Waals surface area contributed by atoms with Crippen molar-refractivity contribution in [1.29, 1.82) is 0 Å². The molecule has 0 spiro atoms. The summed E-state index contributed by atoms with van der Waals surface area (Å²) in [5.74, 6) is 1.90. The van der Waals surface area contributed by atoms with E-state index in [0.717, 1.165) is 62.6 Å². The molecular formula is C20H32IN7S. The summed E-state index contributed by atoms with van der Waals surface area (Å²) in [6, 6.07) is 8.73. The quantitative estimate of drug-likeness (QED) is 0.353. The van der Waals surface area contributed by atoms with E-state index in [2.05, 4.69) is 79.7 Å². The average Bonchev–Trinajstić information content (AvgIpc) is 3.18. The van der Waals surface area contributed by atoms with Gasteiger partial charge in [-0.2, -0.15) is 4.37 Å². The van der Waals surface area contributed by atoms with Crippen LogP contribution >= 0.6 is 35.5 Å².